The van der Waals surface area contributed by atoms with E-state index >= 15 is 0 Å². The maximum absolute atomic E-state index is 12.0. The molecule has 1 fully saturated rings. The molecular formula is C23H25NO9S. The number of carbonyl (C=O) groups excluding carboxylic acids is 4. The van der Waals surface area contributed by atoms with E-state index in [1.807, 2.05) is 30.3 Å². The summed E-state index contributed by atoms with van der Waals surface area (Å²) in [6.07, 6.45) is -2.88. The fourth-order valence-electron chi connectivity index (χ4n) is 3.58. The number of para-hydroxylation sites is 1. The standard InChI is InChI=1S/C23H25NO9S/c1-12(25)29-11-17-20(30-13(2)26)21(31-14(3)27)22(32-15(4)28)23(33-17)34-18-9-5-7-16-8-6-10-24-19(16)18/h5-10,17,20-23H,11H2,1-4H3/t17-,20+,21+,22-,23+/m1/s1. The zero-order valence-electron chi connectivity index (χ0n) is 19.1. The highest BCUT2D eigenvalue weighted by molar-refractivity contribution is 8.00. The molecule has 2 aromatic rings. The molecule has 2 heterocycles. The Kier molecular flexibility index (Phi) is 8.46. The van der Waals surface area contributed by atoms with Crippen LogP contribution in [0.4, 0.5) is 0 Å². The smallest absolute Gasteiger partial charge is 0.303 e. The van der Waals surface area contributed by atoms with E-state index in [4.69, 9.17) is 23.7 Å². The minimum Gasteiger partial charge on any atom is -0.463 e. The summed E-state index contributed by atoms with van der Waals surface area (Å²) in [5.41, 5.74) is -0.212. The molecule has 0 bridgehead atoms. The number of hydrogen-bond donors (Lipinski definition) is 0. The topological polar surface area (TPSA) is 127 Å². The number of thioether (sulfide) groups is 1. The molecule has 11 heteroatoms. The molecule has 0 unspecified atom stereocenters. The lowest BCUT2D eigenvalue weighted by Crippen LogP contribution is -2.61. The molecule has 0 radical (unpaired) electrons. The summed E-state index contributed by atoms with van der Waals surface area (Å²) >= 11 is 1.20. The second-order valence-corrected chi connectivity index (χ2v) is 8.66. The average Bonchev–Trinajstić information content (AvgIpc) is 2.75. The third kappa shape index (κ3) is 6.45. The Morgan fingerprint density at radius 1 is 0.853 bits per heavy atom. The lowest BCUT2D eigenvalue weighted by Gasteiger charge is -2.44. The van der Waals surface area contributed by atoms with E-state index < -0.39 is 53.7 Å². The van der Waals surface area contributed by atoms with Gasteiger partial charge in [0.05, 0.1) is 5.52 Å². The van der Waals surface area contributed by atoms with Crippen LogP contribution in [0.2, 0.25) is 0 Å². The number of esters is 4. The van der Waals surface area contributed by atoms with Crippen molar-refractivity contribution in [3.05, 3.63) is 36.5 Å². The van der Waals surface area contributed by atoms with Crippen LogP contribution >= 0.6 is 11.8 Å². The van der Waals surface area contributed by atoms with Crippen molar-refractivity contribution in [3.63, 3.8) is 0 Å². The van der Waals surface area contributed by atoms with Crippen LogP contribution in [0, 0.1) is 0 Å². The normalized spacial score (nSPS) is 24.2. The predicted molar refractivity (Wildman–Crippen MR) is 120 cm³/mol. The van der Waals surface area contributed by atoms with Crippen molar-refractivity contribution in [2.24, 2.45) is 0 Å². The number of ether oxygens (including phenoxy) is 5. The molecule has 3 rings (SSSR count). The van der Waals surface area contributed by atoms with Crippen LogP contribution in [0.1, 0.15) is 27.7 Å². The quantitative estimate of drug-likeness (QED) is 0.418. The van der Waals surface area contributed by atoms with Crippen LogP contribution in [-0.4, -0.2) is 65.3 Å². The third-order valence-corrected chi connectivity index (χ3v) is 5.98. The molecule has 1 aromatic heterocycles. The van der Waals surface area contributed by atoms with Gasteiger partial charge in [0.15, 0.2) is 18.3 Å². The number of fused-ring (bicyclic) bond motifs is 1. The number of rotatable bonds is 7. The molecule has 1 aromatic carbocycles. The van der Waals surface area contributed by atoms with Crippen molar-refractivity contribution in [1.29, 1.82) is 0 Å². The Hall–Kier alpha value is -3.18. The largest absolute Gasteiger partial charge is 0.463 e. The summed E-state index contributed by atoms with van der Waals surface area (Å²) in [5.74, 6) is -2.57. The fourth-order valence-corrected chi connectivity index (χ4v) is 4.81. The summed E-state index contributed by atoms with van der Waals surface area (Å²) in [5, 5.41) is 0.887. The molecule has 0 spiro atoms. The minimum absolute atomic E-state index is 0.275. The zero-order valence-corrected chi connectivity index (χ0v) is 19.9. The first-order valence-corrected chi connectivity index (χ1v) is 11.3. The minimum atomic E-state index is -1.21. The third-order valence-electron chi connectivity index (χ3n) is 4.79. The number of carbonyl (C=O) groups is 4. The Balaban J connectivity index is 2.03. The molecule has 1 saturated heterocycles. The number of aromatic nitrogens is 1. The first kappa shape index (κ1) is 25.4. The van der Waals surface area contributed by atoms with Gasteiger partial charge >= 0.3 is 23.9 Å². The van der Waals surface area contributed by atoms with Crippen LogP contribution in [0.3, 0.4) is 0 Å². The highest BCUT2D eigenvalue weighted by Gasteiger charge is 2.52. The van der Waals surface area contributed by atoms with Crippen molar-refractivity contribution in [2.75, 3.05) is 6.61 Å². The Morgan fingerprint density at radius 2 is 1.47 bits per heavy atom. The highest BCUT2D eigenvalue weighted by Crippen LogP contribution is 2.39. The Labute approximate surface area is 200 Å². The van der Waals surface area contributed by atoms with Crippen LogP contribution in [-0.2, 0) is 42.9 Å². The molecule has 34 heavy (non-hydrogen) atoms. The van der Waals surface area contributed by atoms with E-state index in [1.165, 1.54) is 39.5 Å². The van der Waals surface area contributed by atoms with E-state index in [2.05, 4.69) is 4.98 Å². The van der Waals surface area contributed by atoms with Gasteiger partial charge in [-0.2, -0.15) is 0 Å². The van der Waals surface area contributed by atoms with E-state index in [0.717, 1.165) is 10.3 Å². The molecule has 5 atom stereocenters. The van der Waals surface area contributed by atoms with E-state index in [9.17, 15) is 19.2 Å². The molecule has 182 valence electrons. The first-order valence-electron chi connectivity index (χ1n) is 10.5. The lowest BCUT2D eigenvalue weighted by atomic mass is 9.99. The van der Waals surface area contributed by atoms with Crippen LogP contribution < -0.4 is 0 Å². The first-order chi connectivity index (χ1) is 16.2. The van der Waals surface area contributed by atoms with Gasteiger partial charge in [-0.25, -0.2) is 0 Å². The number of hydrogen-bond acceptors (Lipinski definition) is 11. The zero-order chi connectivity index (χ0) is 24.8. The van der Waals surface area contributed by atoms with Crippen molar-refractivity contribution in [2.45, 2.75) is 62.4 Å². The molecule has 1 aliphatic heterocycles. The second-order valence-electron chi connectivity index (χ2n) is 7.52. The number of nitrogens with zero attached hydrogens (tertiary/aromatic N) is 1. The number of pyridine rings is 1. The lowest BCUT2D eigenvalue weighted by molar-refractivity contribution is -0.237. The average molecular weight is 492 g/mol. The van der Waals surface area contributed by atoms with Gasteiger partial charge < -0.3 is 23.7 Å². The van der Waals surface area contributed by atoms with Gasteiger partial charge in [-0.05, 0) is 12.1 Å². The maximum Gasteiger partial charge on any atom is 0.303 e. The van der Waals surface area contributed by atoms with Crippen LogP contribution in [0.25, 0.3) is 10.9 Å². The summed E-state index contributed by atoms with van der Waals surface area (Å²) < 4.78 is 27.6. The molecule has 0 N–H and O–H groups in total. The number of benzene rings is 1. The van der Waals surface area contributed by atoms with Crippen LogP contribution in [0.5, 0.6) is 0 Å². The Morgan fingerprint density at radius 3 is 2.12 bits per heavy atom. The SMILES string of the molecule is CC(=O)OC[C@H]1O[C@@H](Sc2cccc3cccnc23)[C@H](OC(C)=O)[C@@H](OC(C)=O)[C@H]1OC(C)=O. The molecular weight excluding hydrogens is 466 g/mol. The van der Waals surface area contributed by atoms with Crippen molar-refractivity contribution in [3.8, 4) is 0 Å². The van der Waals surface area contributed by atoms with Gasteiger partial charge in [-0.1, -0.05) is 30.0 Å². The van der Waals surface area contributed by atoms with Gasteiger partial charge in [0.25, 0.3) is 0 Å². The molecule has 10 nitrogen and oxygen atoms in total. The summed E-state index contributed by atoms with van der Waals surface area (Å²) in [6.45, 7) is 4.52. The van der Waals surface area contributed by atoms with Gasteiger partial charge in [0, 0.05) is 44.2 Å². The Bertz CT molecular complexity index is 1070. The monoisotopic (exact) mass is 491 g/mol. The summed E-state index contributed by atoms with van der Waals surface area (Å²) in [6, 6.07) is 9.29. The second kappa shape index (κ2) is 11.3. The fraction of sp³-hybridized carbons (Fsp3) is 0.435. The van der Waals surface area contributed by atoms with Crippen molar-refractivity contribution >= 4 is 46.5 Å². The summed E-state index contributed by atoms with van der Waals surface area (Å²) in [7, 11) is 0. The summed E-state index contributed by atoms with van der Waals surface area (Å²) in [4.78, 5) is 52.3. The van der Waals surface area contributed by atoms with Crippen molar-refractivity contribution in [1.82, 2.24) is 4.98 Å². The molecule has 0 aliphatic carbocycles. The predicted octanol–water partition coefficient (Wildman–Crippen LogP) is 2.41. The van der Waals surface area contributed by atoms with Gasteiger partial charge in [-0.15, -0.1) is 0 Å². The molecule has 0 amide bonds. The maximum atomic E-state index is 12.0. The van der Waals surface area contributed by atoms with Gasteiger partial charge in [-0.3, -0.25) is 24.2 Å². The molecule has 0 saturated carbocycles. The van der Waals surface area contributed by atoms with E-state index in [0.29, 0.717) is 5.52 Å². The van der Waals surface area contributed by atoms with Crippen LogP contribution in [0.15, 0.2) is 41.4 Å². The van der Waals surface area contributed by atoms with Gasteiger partial charge in [0.2, 0.25) is 0 Å². The van der Waals surface area contributed by atoms with E-state index in [-0.39, 0.29) is 6.61 Å². The highest BCUT2D eigenvalue weighted by atomic mass is 32.2. The van der Waals surface area contributed by atoms with Crippen molar-refractivity contribution < 1.29 is 42.9 Å². The van der Waals surface area contributed by atoms with Gasteiger partial charge in [0.1, 0.15) is 18.1 Å². The molecule has 1 aliphatic rings. The van der Waals surface area contributed by atoms with E-state index in [1.54, 1.807) is 6.20 Å².